The second-order valence-electron chi connectivity index (χ2n) is 4.94. The number of pyridine rings is 1. The van der Waals surface area contributed by atoms with E-state index in [0.29, 0.717) is 6.20 Å². The largest absolute Gasteiger partial charge is 0.419 e. The molecule has 24 heavy (non-hydrogen) atoms. The molecule has 3 aromatic rings. The van der Waals surface area contributed by atoms with Crippen LogP contribution >= 0.6 is 0 Å². The van der Waals surface area contributed by atoms with Crippen molar-refractivity contribution in [1.82, 2.24) is 18.7 Å². The number of imidazole rings is 1. The van der Waals surface area contributed by atoms with Crippen LogP contribution in [-0.4, -0.2) is 27.2 Å². The molecule has 0 atom stereocenters. The van der Waals surface area contributed by atoms with Gasteiger partial charge in [-0.3, -0.25) is 0 Å². The van der Waals surface area contributed by atoms with Crippen LogP contribution in [-0.2, 0) is 23.2 Å². The third-order valence-electron chi connectivity index (χ3n) is 3.19. The monoisotopic (exact) mass is 358 g/mol. The van der Waals surface area contributed by atoms with Crippen molar-refractivity contribution in [2.45, 2.75) is 11.1 Å². The minimum Gasteiger partial charge on any atom is -0.239 e. The van der Waals surface area contributed by atoms with E-state index >= 15 is 0 Å². The first-order chi connectivity index (χ1) is 11.2. The lowest BCUT2D eigenvalue weighted by Gasteiger charge is -2.03. The number of hydrogen-bond donors (Lipinski definition) is 0. The number of aryl methyl sites for hydroxylation is 1. The Morgan fingerprint density at radius 2 is 1.96 bits per heavy atom. The molecule has 0 amide bonds. The van der Waals surface area contributed by atoms with Gasteiger partial charge in [0.15, 0.2) is 5.82 Å². The third-order valence-corrected chi connectivity index (χ3v) is 4.79. The molecule has 0 spiro atoms. The van der Waals surface area contributed by atoms with Crippen LogP contribution in [0, 0.1) is 0 Å². The summed E-state index contributed by atoms with van der Waals surface area (Å²) < 4.78 is 65.9. The number of rotatable bonds is 3. The molecule has 0 saturated heterocycles. The first-order valence-corrected chi connectivity index (χ1v) is 7.99. The standard InChI is InChI=1S/C13H11F3N5O2S/c1-19-4-5-20(9-19)24(22,23)11-2-3-12(17-7-11)21-8-10(6-18-21)13(14,15)16/h2-9H,1H3/q+1. The van der Waals surface area contributed by atoms with E-state index in [9.17, 15) is 21.6 Å². The van der Waals surface area contributed by atoms with E-state index in [1.54, 1.807) is 17.8 Å². The molecular formula is C13H11F3N5O2S+. The van der Waals surface area contributed by atoms with E-state index in [4.69, 9.17) is 0 Å². The summed E-state index contributed by atoms with van der Waals surface area (Å²) in [5.41, 5.74) is -0.916. The van der Waals surface area contributed by atoms with Gasteiger partial charge in [-0.2, -0.15) is 26.7 Å². The van der Waals surface area contributed by atoms with Gasteiger partial charge in [0, 0.05) is 6.20 Å². The summed E-state index contributed by atoms with van der Waals surface area (Å²) in [6, 6.07) is 2.54. The van der Waals surface area contributed by atoms with Crippen molar-refractivity contribution in [3.8, 4) is 5.82 Å². The van der Waals surface area contributed by atoms with Crippen LogP contribution in [0.15, 0.2) is 54.3 Å². The van der Waals surface area contributed by atoms with Crippen LogP contribution in [0.5, 0.6) is 0 Å². The topological polar surface area (TPSA) is 73.7 Å². The Labute approximate surface area is 134 Å². The summed E-state index contributed by atoms with van der Waals surface area (Å²) in [5.74, 6) is 0.0718. The summed E-state index contributed by atoms with van der Waals surface area (Å²) in [7, 11) is -2.14. The van der Waals surface area contributed by atoms with Gasteiger partial charge in [0.2, 0.25) is 0 Å². The predicted octanol–water partition coefficient (Wildman–Crippen LogP) is 1.15. The van der Waals surface area contributed by atoms with Crippen LogP contribution in [0.2, 0.25) is 0 Å². The first-order valence-electron chi connectivity index (χ1n) is 6.55. The summed E-state index contributed by atoms with van der Waals surface area (Å²) in [4.78, 5) is 3.78. The molecule has 0 unspecified atom stereocenters. The van der Waals surface area contributed by atoms with Crippen LogP contribution in [0.3, 0.4) is 0 Å². The molecule has 0 saturated carbocycles. The number of halogens is 3. The average molecular weight is 358 g/mol. The summed E-state index contributed by atoms with van der Waals surface area (Å²) in [6.45, 7) is 0. The van der Waals surface area contributed by atoms with E-state index in [1.807, 2.05) is 0 Å². The lowest BCUT2D eigenvalue weighted by atomic mass is 10.3. The van der Waals surface area contributed by atoms with Gasteiger partial charge in [0.05, 0.1) is 25.0 Å². The maximum absolute atomic E-state index is 12.6. The van der Waals surface area contributed by atoms with E-state index < -0.39 is 21.8 Å². The molecule has 0 aromatic carbocycles. The molecule has 0 radical (unpaired) electrons. The van der Waals surface area contributed by atoms with E-state index in [2.05, 4.69) is 10.1 Å². The fraction of sp³-hybridized carbons (Fsp3) is 0.154. The highest BCUT2D eigenvalue weighted by molar-refractivity contribution is 7.90. The number of hydrogen-bond acceptors (Lipinski definition) is 4. The molecule has 0 aliphatic rings. The summed E-state index contributed by atoms with van der Waals surface area (Å²) in [5, 5.41) is 3.58. The van der Waals surface area contributed by atoms with E-state index in [-0.39, 0.29) is 10.7 Å². The van der Waals surface area contributed by atoms with Gasteiger partial charge in [0.25, 0.3) is 6.33 Å². The Kier molecular flexibility index (Phi) is 3.67. The van der Waals surface area contributed by atoms with Gasteiger partial charge >= 0.3 is 16.2 Å². The quantitative estimate of drug-likeness (QED) is 0.659. The molecule has 3 heterocycles. The zero-order valence-electron chi connectivity index (χ0n) is 12.2. The van der Waals surface area contributed by atoms with Crippen LogP contribution in [0.1, 0.15) is 5.56 Å². The highest BCUT2D eigenvalue weighted by Crippen LogP contribution is 2.29. The first kappa shape index (κ1) is 16.2. The highest BCUT2D eigenvalue weighted by Gasteiger charge is 2.32. The molecule has 11 heteroatoms. The lowest BCUT2D eigenvalue weighted by Crippen LogP contribution is -2.25. The van der Waals surface area contributed by atoms with Crippen LogP contribution < -0.4 is 4.57 Å². The minimum absolute atomic E-state index is 0.0718. The van der Waals surface area contributed by atoms with Crippen LogP contribution in [0.25, 0.3) is 5.82 Å². The Hall–Kier alpha value is -2.69. The van der Waals surface area contributed by atoms with Gasteiger partial charge < -0.3 is 0 Å². The highest BCUT2D eigenvalue weighted by atomic mass is 32.2. The zero-order chi connectivity index (χ0) is 17.5. The Balaban J connectivity index is 1.92. The van der Waals surface area contributed by atoms with Crippen molar-refractivity contribution in [2.24, 2.45) is 7.05 Å². The fourth-order valence-corrected chi connectivity index (χ4v) is 3.10. The van der Waals surface area contributed by atoms with Crippen molar-refractivity contribution < 1.29 is 26.2 Å². The average Bonchev–Trinajstić information content (AvgIpc) is 3.16. The molecule has 3 aromatic heterocycles. The van der Waals surface area contributed by atoms with Gasteiger partial charge in [-0.1, -0.05) is 0 Å². The van der Waals surface area contributed by atoms with E-state index in [0.717, 1.165) is 21.0 Å². The van der Waals surface area contributed by atoms with Gasteiger partial charge in [-0.05, 0) is 12.1 Å². The molecule has 0 aliphatic heterocycles. The second-order valence-corrected chi connectivity index (χ2v) is 6.78. The molecule has 0 fully saturated rings. The maximum atomic E-state index is 12.6. The van der Waals surface area contributed by atoms with Crippen molar-refractivity contribution in [1.29, 1.82) is 0 Å². The maximum Gasteiger partial charge on any atom is 0.419 e. The molecule has 0 N–H and O–H groups in total. The Morgan fingerprint density at radius 3 is 2.46 bits per heavy atom. The van der Waals surface area contributed by atoms with Gasteiger partial charge in [-0.25, -0.2) is 14.2 Å². The predicted molar refractivity (Wildman–Crippen MR) is 74.6 cm³/mol. The zero-order valence-corrected chi connectivity index (χ0v) is 13.0. The molecule has 0 bridgehead atoms. The molecule has 126 valence electrons. The van der Waals surface area contributed by atoms with Gasteiger partial charge in [0.1, 0.15) is 17.3 Å². The summed E-state index contributed by atoms with van der Waals surface area (Å²) in [6.07, 6.45) is 2.31. The SMILES string of the molecule is C[n+]1ccn(S(=O)(=O)c2ccc(-n3cc(C(F)(F)F)cn3)nc2)c1. The normalized spacial score (nSPS) is 12.5. The molecular weight excluding hydrogens is 347 g/mol. The number of alkyl halides is 3. The second kappa shape index (κ2) is 5.44. The molecule has 3 rings (SSSR count). The third kappa shape index (κ3) is 2.89. The molecule has 7 nitrogen and oxygen atoms in total. The number of nitrogens with zero attached hydrogens (tertiary/aromatic N) is 5. The van der Waals surface area contributed by atoms with Crippen molar-refractivity contribution in [3.63, 3.8) is 0 Å². The van der Waals surface area contributed by atoms with Crippen LogP contribution in [0.4, 0.5) is 13.2 Å². The Morgan fingerprint density at radius 1 is 1.21 bits per heavy atom. The number of aromatic nitrogens is 5. The van der Waals surface area contributed by atoms with Crippen molar-refractivity contribution >= 4 is 10.0 Å². The van der Waals surface area contributed by atoms with Crippen molar-refractivity contribution in [2.75, 3.05) is 0 Å². The summed E-state index contributed by atoms with van der Waals surface area (Å²) >= 11 is 0. The minimum atomic E-state index is -4.51. The lowest BCUT2D eigenvalue weighted by molar-refractivity contribution is -0.670. The fourth-order valence-electron chi connectivity index (χ4n) is 1.95. The van der Waals surface area contributed by atoms with Crippen molar-refractivity contribution in [3.05, 3.63) is 55.0 Å². The Bertz CT molecular complexity index is 974. The van der Waals surface area contributed by atoms with E-state index in [1.165, 1.54) is 24.7 Å². The smallest absolute Gasteiger partial charge is 0.239 e. The van der Waals surface area contributed by atoms with Gasteiger partial charge in [-0.15, -0.1) is 3.97 Å². The molecule has 0 aliphatic carbocycles.